The molecule has 1 aromatic heterocycles. The molecule has 1 aromatic rings. The van der Waals surface area contributed by atoms with Crippen LogP contribution in [0.25, 0.3) is 0 Å². The smallest absolute Gasteiger partial charge is 0.254 e. The Morgan fingerprint density at radius 1 is 1.26 bits per heavy atom. The molecule has 3 rings (SSSR count). The van der Waals surface area contributed by atoms with Crippen molar-refractivity contribution in [2.45, 2.75) is 44.6 Å². The Labute approximate surface area is 114 Å². The Kier molecular flexibility index (Phi) is 3.40. The van der Waals surface area contributed by atoms with Crippen molar-refractivity contribution in [1.29, 1.82) is 0 Å². The van der Waals surface area contributed by atoms with Crippen LogP contribution in [-0.2, 0) is 0 Å². The minimum Gasteiger partial charge on any atom is -0.384 e. The van der Waals surface area contributed by atoms with Crippen molar-refractivity contribution in [2.75, 3.05) is 12.3 Å². The second-order valence-corrected chi connectivity index (χ2v) is 5.72. The summed E-state index contributed by atoms with van der Waals surface area (Å²) in [5.74, 6) is 1.26. The lowest BCUT2D eigenvalue weighted by Crippen LogP contribution is -2.49. The van der Waals surface area contributed by atoms with Gasteiger partial charge in [-0.2, -0.15) is 0 Å². The summed E-state index contributed by atoms with van der Waals surface area (Å²) in [7, 11) is 0. The molecule has 2 N–H and O–H groups in total. The average molecular weight is 259 g/mol. The molecule has 1 saturated heterocycles. The van der Waals surface area contributed by atoms with E-state index in [-0.39, 0.29) is 5.91 Å². The van der Waals surface area contributed by atoms with Crippen LogP contribution in [0.5, 0.6) is 0 Å². The number of rotatable bonds is 1. The van der Waals surface area contributed by atoms with E-state index in [1.165, 1.54) is 25.7 Å². The molecule has 1 amide bonds. The third-order valence-corrected chi connectivity index (χ3v) is 4.53. The van der Waals surface area contributed by atoms with E-state index in [4.69, 9.17) is 5.73 Å². The van der Waals surface area contributed by atoms with E-state index in [9.17, 15) is 4.79 Å². The predicted molar refractivity (Wildman–Crippen MR) is 74.7 cm³/mol. The van der Waals surface area contributed by atoms with Crippen LogP contribution in [0.4, 0.5) is 5.82 Å². The fourth-order valence-electron chi connectivity index (χ4n) is 3.62. The molecule has 2 fully saturated rings. The minimum absolute atomic E-state index is 0.130. The SMILES string of the molecule is Nc1cc(C(=O)N2CCCC3CCCCC32)ccn1. The molecule has 2 atom stereocenters. The van der Waals surface area contributed by atoms with Crippen molar-refractivity contribution in [3.8, 4) is 0 Å². The van der Waals surface area contributed by atoms with Gasteiger partial charge in [-0.25, -0.2) is 4.98 Å². The number of nitrogen functional groups attached to an aromatic ring is 1. The number of hydrogen-bond acceptors (Lipinski definition) is 3. The molecule has 2 heterocycles. The first-order valence-corrected chi connectivity index (χ1v) is 7.28. The Morgan fingerprint density at radius 3 is 2.89 bits per heavy atom. The number of nitrogens with zero attached hydrogens (tertiary/aromatic N) is 2. The fourth-order valence-corrected chi connectivity index (χ4v) is 3.62. The molecule has 4 nitrogen and oxygen atoms in total. The standard InChI is InChI=1S/C15H21N3O/c16-14-10-12(7-8-17-14)15(19)18-9-3-5-11-4-1-2-6-13(11)18/h7-8,10-11,13H,1-6,9H2,(H2,16,17). The third kappa shape index (κ3) is 2.44. The van der Waals surface area contributed by atoms with Crippen LogP contribution in [0.2, 0.25) is 0 Å². The highest BCUT2D eigenvalue weighted by Crippen LogP contribution is 2.35. The number of aromatic nitrogens is 1. The summed E-state index contributed by atoms with van der Waals surface area (Å²) in [5, 5.41) is 0. The van der Waals surface area contributed by atoms with Crippen LogP contribution in [0.3, 0.4) is 0 Å². The lowest BCUT2D eigenvalue weighted by atomic mass is 9.78. The van der Waals surface area contributed by atoms with Gasteiger partial charge in [0, 0.05) is 24.3 Å². The normalized spacial score (nSPS) is 26.8. The first-order chi connectivity index (χ1) is 9.25. The molecule has 19 heavy (non-hydrogen) atoms. The summed E-state index contributed by atoms with van der Waals surface area (Å²) in [6.45, 7) is 0.891. The lowest BCUT2D eigenvalue weighted by molar-refractivity contribution is 0.0390. The zero-order valence-corrected chi connectivity index (χ0v) is 11.2. The monoisotopic (exact) mass is 259 g/mol. The van der Waals surface area contributed by atoms with Crippen molar-refractivity contribution in [2.24, 2.45) is 5.92 Å². The maximum absolute atomic E-state index is 12.6. The van der Waals surface area contributed by atoms with E-state index in [1.807, 2.05) is 0 Å². The van der Waals surface area contributed by atoms with Gasteiger partial charge in [0.1, 0.15) is 5.82 Å². The van der Waals surface area contributed by atoms with E-state index in [0.29, 0.717) is 23.3 Å². The van der Waals surface area contributed by atoms with Gasteiger partial charge in [-0.05, 0) is 43.7 Å². The Morgan fingerprint density at radius 2 is 2.05 bits per heavy atom. The van der Waals surface area contributed by atoms with E-state index in [0.717, 1.165) is 19.4 Å². The maximum Gasteiger partial charge on any atom is 0.254 e. The third-order valence-electron chi connectivity index (χ3n) is 4.53. The largest absolute Gasteiger partial charge is 0.384 e. The molecular weight excluding hydrogens is 238 g/mol. The van der Waals surface area contributed by atoms with Gasteiger partial charge in [0.15, 0.2) is 0 Å². The topological polar surface area (TPSA) is 59.2 Å². The van der Waals surface area contributed by atoms with E-state index in [2.05, 4.69) is 9.88 Å². The number of pyridine rings is 1. The van der Waals surface area contributed by atoms with E-state index in [1.54, 1.807) is 18.3 Å². The summed E-state index contributed by atoms with van der Waals surface area (Å²) < 4.78 is 0. The van der Waals surface area contributed by atoms with Gasteiger partial charge < -0.3 is 10.6 Å². The van der Waals surface area contributed by atoms with Crippen molar-refractivity contribution in [1.82, 2.24) is 9.88 Å². The van der Waals surface area contributed by atoms with Gasteiger partial charge >= 0.3 is 0 Å². The van der Waals surface area contributed by atoms with Gasteiger partial charge in [-0.3, -0.25) is 4.79 Å². The summed E-state index contributed by atoms with van der Waals surface area (Å²) in [4.78, 5) is 18.7. The lowest BCUT2D eigenvalue weighted by Gasteiger charge is -2.44. The predicted octanol–water partition coefficient (Wildman–Crippen LogP) is 2.46. The number of carbonyl (C=O) groups excluding carboxylic acids is 1. The summed E-state index contributed by atoms with van der Waals surface area (Å²) in [6.07, 6.45) is 9.06. The van der Waals surface area contributed by atoms with Gasteiger partial charge in [0.25, 0.3) is 5.91 Å². The molecule has 2 aliphatic rings. The van der Waals surface area contributed by atoms with Gasteiger partial charge in [-0.15, -0.1) is 0 Å². The van der Waals surface area contributed by atoms with Crippen molar-refractivity contribution < 1.29 is 4.79 Å². The molecule has 0 radical (unpaired) electrons. The molecule has 4 heteroatoms. The molecule has 1 aliphatic heterocycles. The summed E-state index contributed by atoms with van der Waals surface area (Å²) >= 11 is 0. The number of likely N-dealkylation sites (tertiary alicyclic amines) is 1. The summed E-state index contributed by atoms with van der Waals surface area (Å²) in [6, 6.07) is 3.91. The van der Waals surface area contributed by atoms with Crippen LogP contribution in [-0.4, -0.2) is 28.4 Å². The van der Waals surface area contributed by atoms with Crippen LogP contribution >= 0.6 is 0 Å². The first kappa shape index (κ1) is 12.5. The maximum atomic E-state index is 12.6. The van der Waals surface area contributed by atoms with E-state index < -0.39 is 0 Å². The Bertz CT molecular complexity index is 472. The van der Waals surface area contributed by atoms with Crippen molar-refractivity contribution in [3.63, 3.8) is 0 Å². The molecule has 1 saturated carbocycles. The van der Waals surface area contributed by atoms with Gasteiger partial charge in [0.2, 0.25) is 0 Å². The number of fused-ring (bicyclic) bond motifs is 1. The van der Waals surface area contributed by atoms with Crippen molar-refractivity contribution in [3.05, 3.63) is 23.9 Å². The average Bonchev–Trinajstić information content (AvgIpc) is 2.46. The van der Waals surface area contributed by atoms with Gasteiger partial charge in [0.05, 0.1) is 0 Å². The highest BCUT2D eigenvalue weighted by Gasteiger charge is 2.35. The zero-order valence-electron chi connectivity index (χ0n) is 11.2. The fraction of sp³-hybridized carbons (Fsp3) is 0.600. The number of nitrogens with two attached hydrogens (primary N) is 1. The second kappa shape index (κ2) is 5.19. The highest BCUT2D eigenvalue weighted by molar-refractivity contribution is 5.95. The highest BCUT2D eigenvalue weighted by atomic mass is 16.2. The van der Waals surface area contributed by atoms with Gasteiger partial charge in [-0.1, -0.05) is 12.8 Å². The number of piperidine rings is 1. The first-order valence-electron chi connectivity index (χ1n) is 7.28. The Balaban J connectivity index is 1.82. The molecule has 102 valence electrons. The van der Waals surface area contributed by atoms with E-state index >= 15 is 0 Å². The zero-order chi connectivity index (χ0) is 13.2. The quantitative estimate of drug-likeness (QED) is 0.842. The molecule has 0 bridgehead atoms. The van der Waals surface area contributed by atoms with Crippen LogP contribution < -0.4 is 5.73 Å². The number of amides is 1. The number of hydrogen-bond donors (Lipinski definition) is 1. The summed E-state index contributed by atoms with van der Waals surface area (Å²) in [5.41, 5.74) is 6.36. The number of anilines is 1. The number of carbonyl (C=O) groups is 1. The molecule has 0 spiro atoms. The van der Waals surface area contributed by atoms with Crippen LogP contribution in [0, 0.1) is 5.92 Å². The minimum atomic E-state index is 0.130. The molecule has 2 unspecified atom stereocenters. The Hall–Kier alpha value is -1.58. The molecule has 1 aliphatic carbocycles. The second-order valence-electron chi connectivity index (χ2n) is 5.72. The van der Waals surface area contributed by atoms with Crippen LogP contribution in [0.15, 0.2) is 18.3 Å². The molecular formula is C15H21N3O. The van der Waals surface area contributed by atoms with Crippen molar-refractivity contribution >= 4 is 11.7 Å². The molecule has 0 aromatic carbocycles. The van der Waals surface area contributed by atoms with Crippen LogP contribution in [0.1, 0.15) is 48.9 Å².